The summed E-state index contributed by atoms with van der Waals surface area (Å²) in [6.45, 7) is 12.8. The van der Waals surface area contributed by atoms with Gasteiger partial charge in [-0.15, -0.1) is 0 Å². The van der Waals surface area contributed by atoms with Crippen LogP contribution in [-0.2, 0) is 0 Å². The summed E-state index contributed by atoms with van der Waals surface area (Å²) in [5, 5.41) is 8.31. The molecule has 26 heavy (non-hydrogen) atoms. The molecule has 1 atom stereocenters. The van der Waals surface area contributed by atoms with Crippen LogP contribution in [0.4, 0.5) is 0 Å². The lowest BCUT2D eigenvalue weighted by Gasteiger charge is -2.41. The summed E-state index contributed by atoms with van der Waals surface area (Å²) in [6.07, 6.45) is 13.7. The van der Waals surface area contributed by atoms with Gasteiger partial charge < -0.3 is 10.2 Å². The molecule has 1 aliphatic carbocycles. The fourth-order valence-electron chi connectivity index (χ4n) is 4.67. The molecule has 148 valence electrons. The van der Waals surface area contributed by atoms with Crippen molar-refractivity contribution in [2.24, 2.45) is 5.92 Å². The molecule has 0 aromatic carbocycles. The summed E-state index contributed by atoms with van der Waals surface area (Å²) in [7, 11) is 0. The third-order valence-electron chi connectivity index (χ3n) is 6.82. The van der Waals surface area contributed by atoms with Gasteiger partial charge in [0.15, 0.2) is 0 Å². The molecule has 1 aromatic rings. The topological polar surface area (TPSA) is 33.1 Å². The van der Waals surface area contributed by atoms with Crippen molar-refractivity contribution in [3.63, 3.8) is 0 Å². The Hall–Kier alpha value is -0.870. The van der Waals surface area contributed by atoms with Crippen molar-refractivity contribution in [2.75, 3.05) is 19.6 Å². The van der Waals surface area contributed by atoms with Gasteiger partial charge in [0, 0.05) is 31.4 Å². The van der Waals surface area contributed by atoms with Crippen molar-refractivity contribution in [1.29, 1.82) is 0 Å². The molecular formula is C22H40N4. The van der Waals surface area contributed by atoms with Gasteiger partial charge in [0.2, 0.25) is 0 Å². The molecule has 1 saturated carbocycles. The fraction of sp³-hybridized carbons (Fsp3) is 0.864. The predicted molar refractivity (Wildman–Crippen MR) is 110 cm³/mol. The van der Waals surface area contributed by atoms with Crippen molar-refractivity contribution >= 4 is 0 Å². The summed E-state index contributed by atoms with van der Waals surface area (Å²) in [5.74, 6) is 1.53. The van der Waals surface area contributed by atoms with Crippen molar-refractivity contribution in [3.05, 3.63) is 18.0 Å². The lowest BCUT2D eigenvalue weighted by atomic mass is 9.84. The van der Waals surface area contributed by atoms with Crippen LogP contribution in [0.2, 0.25) is 0 Å². The Morgan fingerprint density at radius 3 is 2.35 bits per heavy atom. The van der Waals surface area contributed by atoms with E-state index in [0.29, 0.717) is 18.0 Å². The van der Waals surface area contributed by atoms with Gasteiger partial charge in [0.25, 0.3) is 0 Å². The lowest BCUT2D eigenvalue weighted by Crippen LogP contribution is -2.44. The summed E-state index contributed by atoms with van der Waals surface area (Å²) < 4.78 is 2.26. The summed E-state index contributed by atoms with van der Waals surface area (Å²) in [6, 6.07) is 2.06. The maximum absolute atomic E-state index is 4.68. The Balaban J connectivity index is 1.42. The number of hydrogen-bond donors (Lipinski definition) is 1. The van der Waals surface area contributed by atoms with E-state index in [1.54, 1.807) is 0 Å². The minimum Gasteiger partial charge on any atom is -0.314 e. The number of nitrogens with one attached hydrogen (secondary N) is 1. The van der Waals surface area contributed by atoms with Gasteiger partial charge >= 0.3 is 0 Å². The third kappa shape index (κ3) is 5.10. The Bertz CT molecular complexity index is 522. The second kappa shape index (κ2) is 9.36. The second-order valence-corrected chi connectivity index (χ2v) is 9.07. The highest BCUT2D eigenvalue weighted by Gasteiger charge is 2.29. The summed E-state index contributed by atoms with van der Waals surface area (Å²) >= 11 is 0. The van der Waals surface area contributed by atoms with Crippen molar-refractivity contribution < 1.29 is 0 Å². The summed E-state index contributed by atoms with van der Waals surface area (Å²) in [5.41, 5.74) is 1.41. The molecule has 2 aliphatic rings. The Morgan fingerprint density at radius 2 is 1.73 bits per heavy atom. The first kappa shape index (κ1) is 19.9. The van der Waals surface area contributed by atoms with E-state index in [9.17, 15) is 0 Å². The van der Waals surface area contributed by atoms with E-state index in [4.69, 9.17) is 0 Å². The van der Waals surface area contributed by atoms with Gasteiger partial charge in [-0.2, -0.15) is 5.10 Å². The first-order valence-corrected chi connectivity index (χ1v) is 11.1. The number of nitrogens with zero attached hydrogens (tertiary/aromatic N) is 3. The van der Waals surface area contributed by atoms with Crippen molar-refractivity contribution in [1.82, 2.24) is 20.0 Å². The van der Waals surface area contributed by atoms with Crippen LogP contribution in [-0.4, -0.2) is 46.4 Å². The average molecular weight is 361 g/mol. The quantitative estimate of drug-likeness (QED) is 0.772. The first-order valence-electron chi connectivity index (χ1n) is 11.1. The molecule has 1 aliphatic heterocycles. The standard InChI is InChI=1S/C22H40N4/c1-5-18(4)20-15-24-26(16-20)22-10-12-25(13-11-22)21-8-6-19(7-9-21)14-23-17(2)3/h15-19,21-23H,5-14H2,1-4H3. The molecule has 1 N–H and O–H groups in total. The SMILES string of the molecule is CCC(C)c1cnn(C2CCN(C3CCC(CNC(C)C)CC3)CC2)c1. The molecule has 4 nitrogen and oxygen atoms in total. The van der Waals surface area contributed by atoms with Gasteiger partial charge in [0.1, 0.15) is 0 Å². The number of aromatic nitrogens is 2. The maximum Gasteiger partial charge on any atom is 0.0543 e. The number of piperidine rings is 1. The highest BCUT2D eigenvalue weighted by molar-refractivity contribution is 5.10. The first-order chi connectivity index (χ1) is 12.6. The fourth-order valence-corrected chi connectivity index (χ4v) is 4.67. The zero-order chi connectivity index (χ0) is 18.5. The highest BCUT2D eigenvalue weighted by atomic mass is 15.3. The van der Waals surface area contributed by atoms with E-state index in [1.165, 1.54) is 70.1 Å². The molecular weight excluding hydrogens is 320 g/mol. The van der Waals surface area contributed by atoms with Gasteiger partial charge in [-0.1, -0.05) is 27.7 Å². The largest absolute Gasteiger partial charge is 0.314 e. The minimum atomic E-state index is 0.607. The van der Waals surface area contributed by atoms with E-state index in [-0.39, 0.29) is 0 Å². The molecule has 2 fully saturated rings. The normalized spacial score (nSPS) is 27.1. The Labute approximate surface area is 160 Å². The van der Waals surface area contributed by atoms with Crippen molar-refractivity contribution in [2.45, 2.75) is 96.7 Å². The molecule has 0 radical (unpaired) electrons. The maximum atomic E-state index is 4.68. The van der Waals surface area contributed by atoms with E-state index < -0.39 is 0 Å². The van der Waals surface area contributed by atoms with E-state index in [2.05, 4.69) is 60.1 Å². The number of rotatable bonds is 7. The number of hydrogen-bond acceptors (Lipinski definition) is 3. The molecule has 2 heterocycles. The molecule has 0 spiro atoms. The smallest absolute Gasteiger partial charge is 0.0543 e. The molecule has 1 saturated heterocycles. The Morgan fingerprint density at radius 1 is 1.04 bits per heavy atom. The number of likely N-dealkylation sites (tertiary alicyclic amines) is 1. The van der Waals surface area contributed by atoms with E-state index in [0.717, 1.165) is 12.0 Å². The monoisotopic (exact) mass is 360 g/mol. The van der Waals surface area contributed by atoms with Crippen LogP contribution < -0.4 is 5.32 Å². The van der Waals surface area contributed by atoms with Crippen LogP contribution in [0.3, 0.4) is 0 Å². The van der Waals surface area contributed by atoms with Crippen LogP contribution in [0, 0.1) is 5.92 Å². The molecule has 0 amide bonds. The van der Waals surface area contributed by atoms with Gasteiger partial charge in [-0.3, -0.25) is 4.68 Å². The van der Waals surface area contributed by atoms with Crippen LogP contribution >= 0.6 is 0 Å². The van der Waals surface area contributed by atoms with E-state index >= 15 is 0 Å². The molecule has 4 heteroatoms. The molecule has 1 aromatic heterocycles. The molecule has 0 bridgehead atoms. The second-order valence-electron chi connectivity index (χ2n) is 9.07. The van der Waals surface area contributed by atoms with Crippen LogP contribution in [0.25, 0.3) is 0 Å². The highest BCUT2D eigenvalue weighted by Crippen LogP contribution is 2.31. The van der Waals surface area contributed by atoms with Crippen LogP contribution in [0.15, 0.2) is 12.4 Å². The zero-order valence-corrected chi connectivity index (χ0v) is 17.5. The van der Waals surface area contributed by atoms with Gasteiger partial charge in [-0.25, -0.2) is 0 Å². The zero-order valence-electron chi connectivity index (χ0n) is 17.5. The average Bonchev–Trinajstić information content (AvgIpc) is 3.16. The molecule has 3 rings (SSSR count). The Kier molecular flexibility index (Phi) is 7.16. The van der Waals surface area contributed by atoms with Crippen LogP contribution in [0.5, 0.6) is 0 Å². The predicted octanol–water partition coefficient (Wildman–Crippen LogP) is 4.59. The minimum absolute atomic E-state index is 0.607. The van der Waals surface area contributed by atoms with Crippen LogP contribution in [0.1, 0.15) is 90.2 Å². The van der Waals surface area contributed by atoms with Gasteiger partial charge in [0.05, 0.1) is 12.2 Å². The van der Waals surface area contributed by atoms with Gasteiger partial charge in [-0.05, 0) is 68.9 Å². The summed E-state index contributed by atoms with van der Waals surface area (Å²) in [4.78, 5) is 2.78. The third-order valence-corrected chi connectivity index (χ3v) is 6.82. The van der Waals surface area contributed by atoms with E-state index in [1.807, 2.05) is 0 Å². The lowest BCUT2D eigenvalue weighted by molar-refractivity contribution is 0.0933. The molecule has 1 unspecified atom stereocenters. The van der Waals surface area contributed by atoms with Crippen molar-refractivity contribution in [3.8, 4) is 0 Å².